The number of likely N-dealkylation sites (tertiary alicyclic amines) is 1. The number of carbonyl (C=O) groups excluding carboxylic acids is 2. The highest BCUT2D eigenvalue weighted by Gasteiger charge is 2.28. The van der Waals surface area contributed by atoms with E-state index in [1.165, 1.54) is 11.3 Å². The number of amides is 3. The molecule has 1 aromatic heterocycles. The van der Waals surface area contributed by atoms with Crippen LogP contribution in [-0.2, 0) is 0 Å². The van der Waals surface area contributed by atoms with Crippen LogP contribution in [0.25, 0.3) is 0 Å². The molecular formula is C23H25N5O4S. The van der Waals surface area contributed by atoms with Gasteiger partial charge in [0.25, 0.3) is 5.91 Å². The minimum atomic E-state index is -0.290. The van der Waals surface area contributed by atoms with Gasteiger partial charge in [0.05, 0.1) is 14.2 Å². The van der Waals surface area contributed by atoms with Gasteiger partial charge >= 0.3 is 6.03 Å². The average Bonchev–Trinajstić information content (AvgIpc) is 3.35. The Morgan fingerprint density at radius 1 is 1.00 bits per heavy atom. The van der Waals surface area contributed by atoms with Crippen LogP contribution in [0.3, 0.4) is 0 Å². The number of piperidine rings is 1. The van der Waals surface area contributed by atoms with Crippen molar-refractivity contribution in [1.82, 2.24) is 15.1 Å². The minimum Gasteiger partial charge on any atom is -0.497 e. The Labute approximate surface area is 195 Å². The van der Waals surface area contributed by atoms with Gasteiger partial charge in [-0.15, -0.1) is 10.2 Å². The lowest BCUT2D eigenvalue weighted by Crippen LogP contribution is -2.41. The number of anilines is 2. The number of nitrogens with one attached hydrogen (secondary N) is 2. The topological polar surface area (TPSA) is 106 Å². The standard InChI is InChI=1S/C23H25N5O4S/c1-31-18-11-17(12-19(13-18)32-2)25-23(30)28-10-6-7-15(14-28)21-26-27-22(33-21)20(29)24-16-8-4-3-5-9-16/h3-5,8-9,11-13,15H,6-7,10,14H2,1-2H3,(H,24,29)(H,25,30)/t15-/m1/s1. The lowest BCUT2D eigenvalue weighted by Gasteiger charge is -2.31. The van der Waals surface area contributed by atoms with E-state index in [0.717, 1.165) is 17.8 Å². The van der Waals surface area contributed by atoms with Crippen LogP contribution in [0, 0.1) is 0 Å². The molecule has 4 rings (SSSR count). The van der Waals surface area contributed by atoms with Crippen LogP contribution < -0.4 is 20.1 Å². The van der Waals surface area contributed by atoms with Gasteiger partial charge in [0.1, 0.15) is 16.5 Å². The van der Waals surface area contributed by atoms with E-state index in [0.29, 0.717) is 41.0 Å². The predicted molar refractivity (Wildman–Crippen MR) is 126 cm³/mol. The molecule has 1 fully saturated rings. The Morgan fingerprint density at radius 3 is 2.42 bits per heavy atom. The number of para-hydroxylation sites is 1. The average molecular weight is 468 g/mol. The number of hydrogen-bond acceptors (Lipinski definition) is 7. The number of rotatable bonds is 6. The molecule has 2 heterocycles. The molecule has 0 bridgehead atoms. The molecule has 2 N–H and O–H groups in total. The smallest absolute Gasteiger partial charge is 0.321 e. The first-order chi connectivity index (χ1) is 16.1. The second kappa shape index (κ2) is 10.3. The monoisotopic (exact) mass is 467 g/mol. The molecule has 1 aliphatic rings. The first-order valence-electron chi connectivity index (χ1n) is 10.5. The molecule has 10 heteroatoms. The van der Waals surface area contributed by atoms with E-state index in [-0.39, 0.29) is 17.9 Å². The maximum atomic E-state index is 12.9. The highest BCUT2D eigenvalue weighted by molar-refractivity contribution is 7.13. The van der Waals surface area contributed by atoms with Crippen LogP contribution in [0.1, 0.15) is 33.6 Å². The number of hydrogen-bond donors (Lipinski definition) is 2. The Kier molecular flexibility index (Phi) is 7.04. The van der Waals surface area contributed by atoms with E-state index < -0.39 is 0 Å². The molecule has 1 atom stereocenters. The van der Waals surface area contributed by atoms with Gasteiger partial charge in [0, 0.05) is 48.6 Å². The van der Waals surface area contributed by atoms with Crippen molar-refractivity contribution in [3.63, 3.8) is 0 Å². The zero-order valence-corrected chi connectivity index (χ0v) is 19.2. The lowest BCUT2D eigenvalue weighted by atomic mass is 9.99. The summed E-state index contributed by atoms with van der Waals surface area (Å²) in [6.07, 6.45) is 1.72. The molecule has 172 valence electrons. The molecule has 0 unspecified atom stereocenters. The molecule has 0 aliphatic carbocycles. The second-order valence-electron chi connectivity index (χ2n) is 7.58. The fraction of sp³-hybridized carbons (Fsp3) is 0.304. The number of benzene rings is 2. The van der Waals surface area contributed by atoms with Crippen molar-refractivity contribution >= 4 is 34.6 Å². The van der Waals surface area contributed by atoms with E-state index in [2.05, 4.69) is 20.8 Å². The number of ether oxygens (including phenoxy) is 2. The van der Waals surface area contributed by atoms with Crippen LogP contribution >= 0.6 is 11.3 Å². The molecule has 3 amide bonds. The van der Waals surface area contributed by atoms with Gasteiger partial charge in [0.2, 0.25) is 5.01 Å². The van der Waals surface area contributed by atoms with Gasteiger partial charge in [-0.2, -0.15) is 0 Å². The van der Waals surface area contributed by atoms with Crippen molar-refractivity contribution in [2.24, 2.45) is 0 Å². The largest absolute Gasteiger partial charge is 0.497 e. The first kappa shape index (κ1) is 22.5. The third kappa shape index (κ3) is 5.58. The Bertz CT molecular complexity index is 1100. The SMILES string of the molecule is COc1cc(NC(=O)N2CCC[C@@H](c3nnc(C(=O)Nc4ccccc4)s3)C2)cc(OC)c1. The maximum Gasteiger partial charge on any atom is 0.321 e. The number of methoxy groups -OCH3 is 2. The number of urea groups is 1. The summed E-state index contributed by atoms with van der Waals surface area (Å²) in [4.78, 5) is 27.1. The van der Waals surface area contributed by atoms with Crippen LogP contribution in [0.4, 0.5) is 16.2 Å². The Morgan fingerprint density at radius 2 is 1.73 bits per heavy atom. The third-order valence-corrected chi connectivity index (χ3v) is 6.41. The molecular weight excluding hydrogens is 442 g/mol. The number of aromatic nitrogens is 2. The fourth-order valence-electron chi connectivity index (χ4n) is 3.64. The summed E-state index contributed by atoms with van der Waals surface area (Å²) in [5.74, 6) is 0.926. The highest BCUT2D eigenvalue weighted by Crippen LogP contribution is 2.30. The molecule has 33 heavy (non-hydrogen) atoms. The molecule has 0 radical (unpaired) electrons. The van der Waals surface area contributed by atoms with Crippen LogP contribution in [0.15, 0.2) is 48.5 Å². The maximum absolute atomic E-state index is 12.9. The van der Waals surface area contributed by atoms with Crippen LogP contribution in [0.5, 0.6) is 11.5 Å². The van der Waals surface area contributed by atoms with E-state index in [1.54, 1.807) is 37.3 Å². The summed E-state index contributed by atoms with van der Waals surface area (Å²) in [6.45, 7) is 1.14. The summed E-state index contributed by atoms with van der Waals surface area (Å²) in [6, 6.07) is 14.2. The first-order valence-corrected chi connectivity index (χ1v) is 11.4. The zero-order chi connectivity index (χ0) is 23.2. The third-order valence-electron chi connectivity index (χ3n) is 5.33. The van der Waals surface area contributed by atoms with Gasteiger partial charge in [0.15, 0.2) is 0 Å². The summed E-state index contributed by atoms with van der Waals surface area (Å²) in [5, 5.41) is 15.1. The van der Waals surface area contributed by atoms with Crippen molar-refractivity contribution < 1.29 is 19.1 Å². The minimum absolute atomic E-state index is 0.0279. The van der Waals surface area contributed by atoms with Crippen molar-refractivity contribution in [3.05, 3.63) is 58.5 Å². The highest BCUT2D eigenvalue weighted by atomic mass is 32.1. The molecule has 1 aliphatic heterocycles. The molecule has 2 aromatic carbocycles. The van der Waals surface area contributed by atoms with Gasteiger partial charge in [-0.3, -0.25) is 4.79 Å². The van der Waals surface area contributed by atoms with E-state index in [1.807, 2.05) is 30.3 Å². The molecule has 1 saturated heterocycles. The molecule has 0 spiro atoms. The van der Waals surface area contributed by atoms with Crippen molar-refractivity contribution in [3.8, 4) is 11.5 Å². The predicted octanol–water partition coefficient (Wildman–Crippen LogP) is 4.22. The lowest BCUT2D eigenvalue weighted by molar-refractivity contribution is 0.102. The Hall–Kier alpha value is -3.66. The van der Waals surface area contributed by atoms with Crippen LogP contribution in [-0.4, -0.2) is 54.3 Å². The van der Waals surface area contributed by atoms with Gasteiger partial charge < -0.3 is 25.0 Å². The fourth-order valence-corrected chi connectivity index (χ4v) is 4.51. The normalized spacial score (nSPS) is 15.6. The summed E-state index contributed by atoms with van der Waals surface area (Å²) in [5.41, 5.74) is 1.29. The molecule has 3 aromatic rings. The van der Waals surface area contributed by atoms with Crippen molar-refractivity contribution in [1.29, 1.82) is 0 Å². The van der Waals surface area contributed by atoms with Gasteiger partial charge in [-0.1, -0.05) is 29.5 Å². The van der Waals surface area contributed by atoms with E-state index >= 15 is 0 Å². The Balaban J connectivity index is 1.39. The summed E-state index contributed by atoms with van der Waals surface area (Å²) in [7, 11) is 3.12. The number of nitrogens with zero attached hydrogens (tertiary/aromatic N) is 3. The van der Waals surface area contributed by atoms with Gasteiger partial charge in [-0.05, 0) is 25.0 Å². The number of carbonyl (C=O) groups is 2. The molecule has 9 nitrogen and oxygen atoms in total. The quantitative estimate of drug-likeness (QED) is 0.562. The van der Waals surface area contributed by atoms with E-state index in [9.17, 15) is 9.59 Å². The van der Waals surface area contributed by atoms with Gasteiger partial charge in [-0.25, -0.2) is 4.79 Å². The second-order valence-corrected chi connectivity index (χ2v) is 8.59. The molecule has 0 saturated carbocycles. The van der Waals surface area contributed by atoms with Crippen LogP contribution in [0.2, 0.25) is 0 Å². The summed E-state index contributed by atoms with van der Waals surface area (Å²) >= 11 is 1.27. The van der Waals surface area contributed by atoms with E-state index in [4.69, 9.17) is 9.47 Å². The zero-order valence-electron chi connectivity index (χ0n) is 18.4. The summed E-state index contributed by atoms with van der Waals surface area (Å²) < 4.78 is 10.5. The van der Waals surface area contributed by atoms with Crippen molar-refractivity contribution in [2.45, 2.75) is 18.8 Å². The van der Waals surface area contributed by atoms with Crippen molar-refractivity contribution in [2.75, 3.05) is 37.9 Å².